The van der Waals surface area contributed by atoms with E-state index >= 15 is 0 Å². The third kappa shape index (κ3) is 1.97. The van der Waals surface area contributed by atoms with Gasteiger partial charge in [-0.3, -0.25) is 0 Å². The van der Waals surface area contributed by atoms with Crippen molar-refractivity contribution in [2.75, 3.05) is 6.61 Å². The quantitative estimate of drug-likeness (QED) is 0.902. The normalized spacial score (nSPS) is 35.4. The molecule has 1 aromatic rings. The minimum Gasteiger partial charge on any atom is -0.493 e. The van der Waals surface area contributed by atoms with Crippen molar-refractivity contribution in [3.63, 3.8) is 0 Å². The lowest BCUT2D eigenvalue weighted by atomic mass is 9.80. The van der Waals surface area contributed by atoms with E-state index in [4.69, 9.17) is 4.74 Å². The molecule has 3 aliphatic rings. The maximum absolute atomic E-state index is 10.8. The van der Waals surface area contributed by atoms with Gasteiger partial charge >= 0.3 is 0 Å². The number of rotatable bonds is 3. The maximum atomic E-state index is 10.8. The highest BCUT2D eigenvalue weighted by molar-refractivity contribution is 5.39. The first-order chi connectivity index (χ1) is 9.23. The molecule has 0 amide bonds. The van der Waals surface area contributed by atoms with Crippen LogP contribution < -0.4 is 4.74 Å². The van der Waals surface area contributed by atoms with E-state index in [0.717, 1.165) is 44.0 Å². The van der Waals surface area contributed by atoms with Crippen molar-refractivity contribution in [2.45, 2.75) is 50.5 Å². The minimum atomic E-state index is -0.363. The van der Waals surface area contributed by atoms with Gasteiger partial charge in [0.1, 0.15) is 5.75 Å². The van der Waals surface area contributed by atoms with Crippen molar-refractivity contribution >= 4 is 0 Å². The van der Waals surface area contributed by atoms with Crippen LogP contribution in [0.2, 0.25) is 0 Å². The molecule has 2 heteroatoms. The second-order valence-electron chi connectivity index (χ2n) is 6.72. The van der Waals surface area contributed by atoms with Crippen LogP contribution in [0.4, 0.5) is 0 Å². The molecule has 1 aromatic carbocycles. The average Bonchev–Trinajstić information content (AvgIpc) is 3.10. The van der Waals surface area contributed by atoms with Gasteiger partial charge in [-0.05, 0) is 67.6 Å². The lowest BCUT2D eigenvalue weighted by Crippen LogP contribution is -2.35. The summed E-state index contributed by atoms with van der Waals surface area (Å²) in [6.45, 7) is 0.826. The summed E-state index contributed by atoms with van der Waals surface area (Å²) in [5, 5.41) is 10.8. The molecule has 4 rings (SSSR count). The van der Waals surface area contributed by atoms with Gasteiger partial charge in [-0.25, -0.2) is 0 Å². The van der Waals surface area contributed by atoms with E-state index < -0.39 is 0 Å². The molecule has 3 atom stereocenters. The summed E-state index contributed by atoms with van der Waals surface area (Å²) < 4.78 is 5.54. The fourth-order valence-electron chi connectivity index (χ4n) is 4.48. The van der Waals surface area contributed by atoms with E-state index in [1.807, 2.05) is 0 Å². The number of benzene rings is 1. The van der Waals surface area contributed by atoms with Crippen LogP contribution in [0.25, 0.3) is 0 Å². The number of hydrogen-bond acceptors (Lipinski definition) is 2. The van der Waals surface area contributed by atoms with Crippen LogP contribution in [0.1, 0.15) is 43.2 Å². The van der Waals surface area contributed by atoms with Crippen molar-refractivity contribution in [2.24, 2.45) is 11.8 Å². The predicted octanol–water partition coefficient (Wildman–Crippen LogP) is 3.11. The number of aryl methyl sites for hydroxylation is 1. The van der Waals surface area contributed by atoms with Gasteiger partial charge in [-0.2, -0.15) is 0 Å². The topological polar surface area (TPSA) is 29.5 Å². The SMILES string of the molecule is OC1(CCc2ccc3c(c2)CCO3)CC2CCC1C2. The van der Waals surface area contributed by atoms with Crippen molar-refractivity contribution in [3.05, 3.63) is 29.3 Å². The molecule has 1 N–H and O–H groups in total. The molecule has 0 saturated heterocycles. The van der Waals surface area contributed by atoms with E-state index in [9.17, 15) is 5.11 Å². The van der Waals surface area contributed by atoms with Gasteiger partial charge in [-0.15, -0.1) is 0 Å². The van der Waals surface area contributed by atoms with Gasteiger partial charge in [0.2, 0.25) is 0 Å². The molecular formula is C17H22O2. The Morgan fingerprint density at radius 3 is 3.05 bits per heavy atom. The molecule has 102 valence electrons. The number of hydrogen-bond donors (Lipinski definition) is 1. The first-order valence-corrected chi connectivity index (χ1v) is 7.70. The molecule has 2 saturated carbocycles. The molecule has 1 heterocycles. The molecule has 2 fully saturated rings. The van der Waals surface area contributed by atoms with Crippen LogP contribution >= 0.6 is 0 Å². The highest BCUT2D eigenvalue weighted by atomic mass is 16.5. The van der Waals surface area contributed by atoms with Crippen molar-refractivity contribution < 1.29 is 9.84 Å². The average molecular weight is 258 g/mol. The van der Waals surface area contributed by atoms with Crippen molar-refractivity contribution in [1.82, 2.24) is 0 Å². The van der Waals surface area contributed by atoms with Gasteiger partial charge in [0.15, 0.2) is 0 Å². The fraction of sp³-hybridized carbons (Fsp3) is 0.647. The molecule has 0 spiro atoms. The van der Waals surface area contributed by atoms with Crippen LogP contribution in [0.3, 0.4) is 0 Å². The summed E-state index contributed by atoms with van der Waals surface area (Å²) >= 11 is 0. The van der Waals surface area contributed by atoms with E-state index in [0.29, 0.717) is 5.92 Å². The van der Waals surface area contributed by atoms with Crippen molar-refractivity contribution in [3.8, 4) is 5.75 Å². The Labute approximate surface area is 114 Å². The zero-order valence-electron chi connectivity index (χ0n) is 11.4. The maximum Gasteiger partial charge on any atom is 0.122 e. The number of aliphatic hydroxyl groups is 1. The summed E-state index contributed by atoms with van der Waals surface area (Å²) in [6.07, 6.45) is 7.90. The summed E-state index contributed by atoms with van der Waals surface area (Å²) in [4.78, 5) is 0. The summed E-state index contributed by atoms with van der Waals surface area (Å²) in [7, 11) is 0. The Bertz CT molecular complexity index is 496. The van der Waals surface area contributed by atoms with E-state index in [2.05, 4.69) is 18.2 Å². The van der Waals surface area contributed by atoms with Gasteiger partial charge in [0, 0.05) is 6.42 Å². The van der Waals surface area contributed by atoms with Gasteiger partial charge in [0.05, 0.1) is 12.2 Å². The molecule has 2 bridgehead atoms. The Morgan fingerprint density at radius 2 is 2.26 bits per heavy atom. The van der Waals surface area contributed by atoms with Crippen LogP contribution in [0, 0.1) is 11.8 Å². The van der Waals surface area contributed by atoms with Gasteiger partial charge in [0.25, 0.3) is 0 Å². The Kier molecular flexibility index (Phi) is 2.63. The molecule has 3 unspecified atom stereocenters. The van der Waals surface area contributed by atoms with Crippen LogP contribution in [-0.4, -0.2) is 17.3 Å². The highest BCUT2D eigenvalue weighted by Crippen LogP contribution is 2.52. The van der Waals surface area contributed by atoms with Crippen LogP contribution in [-0.2, 0) is 12.8 Å². The third-order valence-corrected chi connectivity index (χ3v) is 5.54. The fourth-order valence-corrected chi connectivity index (χ4v) is 4.48. The monoisotopic (exact) mass is 258 g/mol. The second kappa shape index (κ2) is 4.24. The Hall–Kier alpha value is -1.02. The molecular weight excluding hydrogens is 236 g/mol. The standard InChI is InChI=1S/C17H22O2/c18-17(11-13-1-3-15(17)10-13)7-5-12-2-4-16-14(9-12)6-8-19-16/h2,4,9,13,15,18H,1,3,5-8,10-11H2. The van der Waals surface area contributed by atoms with Gasteiger partial charge in [-0.1, -0.05) is 12.1 Å². The second-order valence-corrected chi connectivity index (χ2v) is 6.72. The largest absolute Gasteiger partial charge is 0.493 e. The molecule has 19 heavy (non-hydrogen) atoms. The smallest absolute Gasteiger partial charge is 0.122 e. The Morgan fingerprint density at radius 1 is 1.32 bits per heavy atom. The lowest BCUT2D eigenvalue weighted by molar-refractivity contribution is -0.0201. The third-order valence-electron chi connectivity index (χ3n) is 5.54. The first-order valence-electron chi connectivity index (χ1n) is 7.70. The molecule has 0 radical (unpaired) electrons. The summed E-state index contributed by atoms with van der Waals surface area (Å²) in [5.41, 5.74) is 2.34. The lowest BCUT2D eigenvalue weighted by Gasteiger charge is -2.32. The number of fused-ring (bicyclic) bond motifs is 3. The first kappa shape index (κ1) is 11.8. The molecule has 0 aromatic heterocycles. The minimum absolute atomic E-state index is 0.363. The number of ether oxygens (including phenoxy) is 1. The zero-order chi connectivity index (χ0) is 12.9. The molecule has 2 aliphatic carbocycles. The van der Waals surface area contributed by atoms with Gasteiger partial charge < -0.3 is 9.84 Å². The van der Waals surface area contributed by atoms with Crippen LogP contribution in [0.15, 0.2) is 18.2 Å². The Balaban J connectivity index is 1.45. The zero-order valence-corrected chi connectivity index (χ0v) is 11.4. The molecule has 1 aliphatic heterocycles. The highest BCUT2D eigenvalue weighted by Gasteiger charge is 2.49. The van der Waals surface area contributed by atoms with E-state index in [1.165, 1.54) is 30.4 Å². The summed E-state index contributed by atoms with van der Waals surface area (Å²) in [6, 6.07) is 6.54. The van der Waals surface area contributed by atoms with E-state index in [-0.39, 0.29) is 5.60 Å². The summed E-state index contributed by atoms with van der Waals surface area (Å²) in [5.74, 6) is 2.45. The van der Waals surface area contributed by atoms with Crippen LogP contribution in [0.5, 0.6) is 5.75 Å². The predicted molar refractivity (Wildman–Crippen MR) is 74.4 cm³/mol. The van der Waals surface area contributed by atoms with E-state index in [1.54, 1.807) is 0 Å². The molecule has 2 nitrogen and oxygen atoms in total. The van der Waals surface area contributed by atoms with Crippen molar-refractivity contribution in [1.29, 1.82) is 0 Å².